The van der Waals surface area contributed by atoms with Crippen molar-refractivity contribution in [3.8, 4) is 0 Å². The number of halogens is 1. The Morgan fingerprint density at radius 1 is 1.23 bits per heavy atom. The van der Waals surface area contributed by atoms with Crippen molar-refractivity contribution in [2.75, 3.05) is 0 Å². The first kappa shape index (κ1) is 15.5. The number of hydrogen-bond donors (Lipinski definition) is 1. The summed E-state index contributed by atoms with van der Waals surface area (Å²) in [5, 5.41) is 10.6. The lowest BCUT2D eigenvalue weighted by molar-refractivity contribution is 0.555. The molecule has 0 spiro atoms. The van der Waals surface area contributed by atoms with Gasteiger partial charge in [0.2, 0.25) is 0 Å². The smallest absolute Gasteiger partial charge is 0.408 e. The molecule has 0 aliphatic carbocycles. The first-order valence-corrected chi connectivity index (χ1v) is 9.23. The van der Waals surface area contributed by atoms with E-state index in [2.05, 4.69) is 21.3 Å². The van der Waals surface area contributed by atoms with Crippen molar-refractivity contribution >= 4 is 55.5 Å². The molecule has 7 heteroatoms. The molecule has 0 amide bonds. The minimum absolute atomic E-state index is 0.460. The Kier molecular flexibility index (Phi) is 3.38. The number of H-pyrrole nitrogens is 1. The second-order valence-corrected chi connectivity index (χ2v) is 7.71. The van der Waals surface area contributed by atoms with Gasteiger partial charge in [0.25, 0.3) is 0 Å². The molecule has 1 aliphatic rings. The third kappa shape index (κ3) is 2.41. The van der Waals surface area contributed by atoms with E-state index in [1.54, 1.807) is 11.3 Å². The maximum atomic E-state index is 11.6. The highest BCUT2D eigenvalue weighted by atomic mass is 35.5. The quantitative estimate of drug-likeness (QED) is 0.516. The van der Waals surface area contributed by atoms with Crippen LogP contribution in [0.4, 0.5) is 0 Å². The van der Waals surface area contributed by atoms with Gasteiger partial charge in [-0.05, 0) is 42.1 Å². The van der Waals surface area contributed by atoms with Gasteiger partial charge in [-0.1, -0.05) is 23.7 Å². The highest BCUT2D eigenvalue weighted by Crippen LogP contribution is 2.34. The Balaban J connectivity index is 1.79. The van der Waals surface area contributed by atoms with Gasteiger partial charge in [-0.25, -0.2) is 4.79 Å². The minimum Gasteiger partial charge on any atom is -0.408 e. The van der Waals surface area contributed by atoms with Crippen LogP contribution in [0.1, 0.15) is 22.9 Å². The van der Waals surface area contributed by atoms with Crippen molar-refractivity contribution in [1.29, 1.82) is 0 Å². The van der Waals surface area contributed by atoms with E-state index < -0.39 is 5.76 Å². The number of aromatic amines is 1. The lowest BCUT2D eigenvalue weighted by Crippen LogP contribution is -2.05. The number of benzene rings is 2. The van der Waals surface area contributed by atoms with E-state index in [9.17, 15) is 4.79 Å². The molecule has 3 heterocycles. The fourth-order valence-electron chi connectivity index (χ4n) is 3.24. The summed E-state index contributed by atoms with van der Waals surface area (Å²) in [7, 11) is 0. The SMILES string of the molecule is CC1=NN=C(c2cc3cccc(Cl)c3s2)c2cc3oc(=O)[nH]c3cc2C1. The zero-order valence-corrected chi connectivity index (χ0v) is 15.2. The maximum absolute atomic E-state index is 11.6. The number of rotatable bonds is 1. The Morgan fingerprint density at radius 2 is 2.12 bits per heavy atom. The highest BCUT2D eigenvalue weighted by Gasteiger charge is 2.20. The molecule has 0 unspecified atom stereocenters. The van der Waals surface area contributed by atoms with Gasteiger partial charge in [-0.3, -0.25) is 4.98 Å². The van der Waals surface area contributed by atoms with Gasteiger partial charge in [-0.15, -0.1) is 16.4 Å². The molecule has 5 nitrogen and oxygen atoms in total. The van der Waals surface area contributed by atoms with E-state index in [1.807, 2.05) is 37.3 Å². The monoisotopic (exact) mass is 381 g/mol. The summed E-state index contributed by atoms with van der Waals surface area (Å²) in [5.74, 6) is -0.460. The minimum atomic E-state index is -0.460. The van der Waals surface area contributed by atoms with Crippen molar-refractivity contribution in [3.63, 3.8) is 0 Å². The van der Waals surface area contributed by atoms with Crippen LogP contribution < -0.4 is 5.76 Å². The van der Waals surface area contributed by atoms with Crippen LogP contribution in [-0.4, -0.2) is 16.4 Å². The van der Waals surface area contributed by atoms with Gasteiger partial charge < -0.3 is 4.42 Å². The van der Waals surface area contributed by atoms with Crippen LogP contribution >= 0.6 is 22.9 Å². The van der Waals surface area contributed by atoms with Crippen molar-refractivity contribution in [2.45, 2.75) is 13.3 Å². The standard InChI is InChI=1S/C19H12ClN3O2S/c1-9-5-11-6-14-15(25-19(24)21-14)8-12(11)17(23-22-9)16-7-10-3-2-4-13(20)18(10)26-16/h2-4,6-8H,5H2,1H3,(H,21,24). The molecule has 128 valence electrons. The largest absolute Gasteiger partial charge is 0.417 e. The molecule has 0 bridgehead atoms. The summed E-state index contributed by atoms with van der Waals surface area (Å²) < 4.78 is 6.26. The average Bonchev–Trinajstić information content (AvgIpc) is 3.14. The van der Waals surface area contributed by atoms with E-state index >= 15 is 0 Å². The van der Waals surface area contributed by atoms with Crippen LogP contribution in [0.15, 0.2) is 55.8 Å². The zero-order chi connectivity index (χ0) is 17.8. The van der Waals surface area contributed by atoms with Crippen LogP contribution in [-0.2, 0) is 6.42 Å². The average molecular weight is 382 g/mol. The third-order valence-corrected chi connectivity index (χ3v) is 6.01. The Morgan fingerprint density at radius 3 is 2.96 bits per heavy atom. The lowest BCUT2D eigenvalue weighted by atomic mass is 9.97. The number of nitrogens with zero attached hydrogens (tertiary/aromatic N) is 2. The van der Waals surface area contributed by atoms with E-state index in [1.165, 1.54) is 0 Å². The first-order valence-electron chi connectivity index (χ1n) is 8.04. The Labute approximate surface area is 156 Å². The molecule has 2 aromatic heterocycles. The van der Waals surface area contributed by atoms with Gasteiger partial charge in [0, 0.05) is 17.7 Å². The van der Waals surface area contributed by atoms with Crippen LogP contribution in [0.25, 0.3) is 21.2 Å². The fourth-order valence-corrected chi connectivity index (χ4v) is 4.60. The molecule has 2 aromatic carbocycles. The number of aromatic nitrogens is 1. The Hall–Kier alpha value is -2.70. The Bertz CT molecular complexity index is 1310. The number of hydrogen-bond acceptors (Lipinski definition) is 5. The van der Waals surface area contributed by atoms with Crippen LogP contribution in [0, 0.1) is 0 Å². The van der Waals surface area contributed by atoms with Crippen LogP contribution in [0.3, 0.4) is 0 Å². The molecule has 0 atom stereocenters. The molecule has 0 saturated carbocycles. The molecule has 1 aliphatic heterocycles. The molecule has 4 aromatic rings. The predicted molar refractivity (Wildman–Crippen MR) is 106 cm³/mol. The molecule has 0 fully saturated rings. The molecule has 5 rings (SSSR count). The second-order valence-electron chi connectivity index (χ2n) is 6.25. The zero-order valence-electron chi connectivity index (χ0n) is 13.7. The van der Waals surface area contributed by atoms with Gasteiger partial charge in [0.05, 0.1) is 20.1 Å². The normalized spacial score (nSPS) is 14.2. The van der Waals surface area contributed by atoms with Gasteiger partial charge in [-0.2, -0.15) is 5.10 Å². The molecule has 26 heavy (non-hydrogen) atoms. The van der Waals surface area contributed by atoms with Crippen molar-refractivity contribution < 1.29 is 4.42 Å². The molecule has 1 N–H and O–H groups in total. The van der Waals surface area contributed by atoms with Crippen LogP contribution in [0.5, 0.6) is 0 Å². The van der Waals surface area contributed by atoms with Crippen molar-refractivity contribution in [3.05, 3.63) is 68.0 Å². The third-order valence-electron chi connectivity index (χ3n) is 4.40. The summed E-state index contributed by atoms with van der Waals surface area (Å²) in [6.07, 6.45) is 0.664. The summed E-state index contributed by atoms with van der Waals surface area (Å²) in [6.45, 7) is 1.94. The lowest BCUT2D eigenvalue weighted by Gasteiger charge is -2.07. The molecule has 0 saturated heterocycles. The maximum Gasteiger partial charge on any atom is 0.417 e. The molecular weight excluding hydrogens is 370 g/mol. The summed E-state index contributed by atoms with van der Waals surface area (Å²) in [6, 6.07) is 11.7. The summed E-state index contributed by atoms with van der Waals surface area (Å²) in [4.78, 5) is 15.2. The van der Waals surface area contributed by atoms with E-state index in [4.69, 9.17) is 16.0 Å². The van der Waals surface area contributed by atoms with Crippen molar-refractivity contribution in [1.82, 2.24) is 4.98 Å². The first-order chi connectivity index (χ1) is 12.6. The number of nitrogens with one attached hydrogen (secondary N) is 1. The summed E-state index contributed by atoms with van der Waals surface area (Å²) >= 11 is 7.92. The van der Waals surface area contributed by atoms with E-state index in [0.29, 0.717) is 17.5 Å². The molecule has 0 radical (unpaired) electrons. The highest BCUT2D eigenvalue weighted by molar-refractivity contribution is 7.21. The van der Waals surface area contributed by atoms with Gasteiger partial charge >= 0.3 is 5.76 Å². The van der Waals surface area contributed by atoms with Crippen molar-refractivity contribution in [2.24, 2.45) is 10.2 Å². The van der Waals surface area contributed by atoms with Gasteiger partial charge in [0.1, 0.15) is 5.71 Å². The fraction of sp³-hybridized carbons (Fsp3) is 0.105. The topological polar surface area (TPSA) is 70.7 Å². The second kappa shape index (κ2) is 5.65. The number of oxazole rings is 1. The number of fused-ring (bicyclic) bond motifs is 3. The van der Waals surface area contributed by atoms with Gasteiger partial charge in [0.15, 0.2) is 5.58 Å². The molecular formula is C19H12ClN3O2S. The summed E-state index contributed by atoms with van der Waals surface area (Å²) in [5.41, 5.74) is 4.84. The van der Waals surface area contributed by atoms with E-state index in [-0.39, 0.29) is 0 Å². The predicted octanol–water partition coefficient (Wildman–Crippen LogP) is 4.76. The van der Waals surface area contributed by atoms with Crippen LogP contribution in [0.2, 0.25) is 5.02 Å². The van der Waals surface area contributed by atoms with E-state index in [0.717, 1.165) is 42.5 Å². The number of thiophene rings is 1.